The molecule has 0 spiro atoms. The average Bonchev–Trinajstić information content (AvgIpc) is 2.19. The summed E-state index contributed by atoms with van der Waals surface area (Å²) < 4.78 is 0. The van der Waals surface area contributed by atoms with Gasteiger partial charge in [-0.3, -0.25) is 0 Å². The summed E-state index contributed by atoms with van der Waals surface area (Å²) in [6.07, 6.45) is 6.28. The van der Waals surface area contributed by atoms with E-state index >= 15 is 0 Å². The molecule has 0 aliphatic heterocycles. The molecule has 0 aromatic heterocycles. The Morgan fingerprint density at radius 3 is 2.62 bits per heavy atom. The van der Waals surface area contributed by atoms with Gasteiger partial charge in [-0.1, -0.05) is 42.5 Å². The second-order valence-corrected chi connectivity index (χ2v) is 3.55. The summed E-state index contributed by atoms with van der Waals surface area (Å²) in [5.74, 6) is 0. The Morgan fingerprint density at radius 2 is 2.00 bits per heavy atom. The van der Waals surface area contributed by atoms with E-state index in [0.717, 1.165) is 12.8 Å². The van der Waals surface area contributed by atoms with Gasteiger partial charge in [-0.15, -0.1) is 11.6 Å². The van der Waals surface area contributed by atoms with Crippen molar-refractivity contribution in [2.75, 3.05) is 0 Å². The minimum absolute atomic E-state index is 0.150. The van der Waals surface area contributed by atoms with E-state index in [2.05, 4.69) is 24.3 Å². The maximum Gasteiger partial charge on any atom is 0.0588 e. The number of benzene rings is 1. The lowest BCUT2D eigenvalue weighted by atomic mass is 10.1. The number of allylic oxidation sites excluding steroid dienone is 2. The predicted molar refractivity (Wildman–Crippen MR) is 59.1 cm³/mol. The minimum atomic E-state index is 0.150. The van der Waals surface area contributed by atoms with E-state index in [0.29, 0.717) is 0 Å². The molecule has 0 aliphatic rings. The van der Waals surface area contributed by atoms with Crippen molar-refractivity contribution in [2.24, 2.45) is 0 Å². The van der Waals surface area contributed by atoms with Crippen molar-refractivity contribution in [1.29, 1.82) is 0 Å². The Kier molecular flexibility index (Phi) is 4.63. The monoisotopic (exact) mass is 194 g/mol. The molecular formula is C12H15Cl. The maximum absolute atomic E-state index is 6.21. The lowest BCUT2D eigenvalue weighted by molar-refractivity contribution is 0.812. The maximum atomic E-state index is 6.21. The first-order chi connectivity index (χ1) is 6.34. The van der Waals surface area contributed by atoms with E-state index in [1.807, 2.05) is 25.1 Å². The zero-order chi connectivity index (χ0) is 9.52. The van der Waals surface area contributed by atoms with E-state index in [-0.39, 0.29) is 5.38 Å². The second-order valence-electron chi connectivity index (χ2n) is 3.02. The quantitative estimate of drug-likeness (QED) is 0.495. The molecule has 0 radical (unpaired) electrons. The molecule has 1 rings (SSSR count). The van der Waals surface area contributed by atoms with E-state index in [1.54, 1.807) is 0 Å². The lowest BCUT2D eigenvalue weighted by Crippen LogP contribution is -1.88. The first-order valence-corrected chi connectivity index (χ1v) is 5.08. The van der Waals surface area contributed by atoms with Crippen LogP contribution in [-0.2, 0) is 0 Å². The molecule has 1 atom stereocenters. The third-order valence-corrected chi connectivity index (χ3v) is 2.45. The van der Waals surface area contributed by atoms with Crippen molar-refractivity contribution < 1.29 is 0 Å². The number of halogens is 1. The molecule has 1 aromatic carbocycles. The van der Waals surface area contributed by atoms with E-state index < -0.39 is 0 Å². The molecule has 0 amide bonds. The van der Waals surface area contributed by atoms with Gasteiger partial charge >= 0.3 is 0 Å². The number of hydrogen-bond donors (Lipinski definition) is 0. The molecule has 13 heavy (non-hydrogen) atoms. The zero-order valence-corrected chi connectivity index (χ0v) is 8.67. The summed E-state index contributed by atoms with van der Waals surface area (Å²) in [7, 11) is 0. The average molecular weight is 195 g/mol. The standard InChI is InChI=1S/C12H15Cl/c1-2-3-5-10-12(13)11-8-6-4-7-9-11/h2-4,6-9,12H,5,10H2,1H3. The van der Waals surface area contributed by atoms with E-state index in [9.17, 15) is 0 Å². The van der Waals surface area contributed by atoms with E-state index in [1.165, 1.54) is 5.56 Å². The molecule has 0 aliphatic carbocycles. The fraction of sp³-hybridized carbons (Fsp3) is 0.333. The smallest absolute Gasteiger partial charge is 0.0588 e. The summed E-state index contributed by atoms with van der Waals surface area (Å²) in [4.78, 5) is 0. The fourth-order valence-electron chi connectivity index (χ4n) is 1.24. The summed E-state index contributed by atoms with van der Waals surface area (Å²) >= 11 is 6.21. The van der Waals surface area contributed by atoms with Crippen LogP contribution >= 0.6 is 11.6 Å². The molecule has 0 bridgehead atoms. The summed E-state index contributed by atoms with van der Waals surface area (Å²) in [6.45, 7) is 2.03. The Morgan fingerprint density at radius 1 is 1.31 bits per heavy atom. The molecular weight excluding hydrogens is 180 g/mol. The Balaban J connectivity index is 2.44. The fourth-order valence-corrected chi connectivity index (χ4v) is 1.51. The van der Waals surface area contributed by atoms with Crippen molar-refractivity contribution in [3.63, 3.8) is 0 Å². The van der Waals surface area contributed by atoms with Crippen LogP contribution in [-0.4, -0.2) is 0 Å². The summed E-state index contributed by atoms with van der Waals surface area (Å²) in [5.41, 5.74) is 1.22. The van der Waals surface area contributed by atoms with Gasteiger partial charge < -0.3 is 0 Å². The third kappa shape index (κ3) is 3.65. The summed E-state index contributed by atoms with van der Waals surface area (Å²) in [6, 6.07) is 10.2. The lowest BCUT2D eigenvalue weighted by Gasteiger charge is -2.07. The molecule has 1 unspecified atom stereocenters. The predicted octanol–water partition coefficient (Wildman–Crippen LogP) is 4.32. The SMILES string of the molecule is CC=CCCC(Cl)c1ccccc1. The Labute approximate surface area is 85.2 Å². The largest absolute Gasteiger partial charge is 0.118 e. The highest BCUT2D eigenvalue weighted by Gasteiger charge is 2.04. The molecule has 1 heteroatoms. The van der Waals surface area contributed by atoms with Crippen LogP contribution in [0.1, 0.15) is 30.7 Å². The van der Waals surface area contributed by atoms with Gasteiger partial charge in [0.05, 0.1) is 5.38 Å². The second kappa shape index (κ2) is 5.82. The summed E-state index contributed by atoms with van der Waals surface area (Å²) in [5, 5.41) is 0.150. The van der Waals surface area contributed by atoms with Crippen LogP contribution in [0.4, 0.5) is 0 Å². The molecule has 0 N–H and O–H groups in total. The molecule has 0 nitrogen and oxygen atoms in total. The molecule has 70 valence electrons. The third-order valence-electron chi connectivity index (χ3n) is 1.98. The first-order valence-electron chi connectivity index (χ1n) is 4.64. The highest BCUT2D eigenvalue weighted by atomic mass is 35.5. The van der Waals surface area contributed by atoms with Gasteiger partial charge in [0.2, 0.25) is 0 Å². The molecule has 0 saturated heterocycles. The van der Waals surface area contributed by atoms with Crippen LogP contribution < -0.4 is 0 Å². The zero-order valence-electron chi connectivity index (χ0n) is 7.91. The molecule has 0 fully saturated rings. The van der Waals surface area contributed by atoms with Crippen molar-refractivity contribution >= 4 is 11.6 Å². The first kappa shape index (κ1) is 10.3. The van der Waals surface area contributed by atoms with Gasteiger partial charge in [-0.25, -0.2) is 0 Å². The molecule has 1 aromatic rings. The van der Waals surface area contributed by atoms with Gasteiger partial charge in [0.25, 0.3) is 0 Å². The molecule has 0 saturated carbocycles. The van der Waals surface area contributed by atoms with Gasteiger partial charge in [0.15, 0.2) is 0 Å². The van der Waals surface area contributed by atoms with Crippen molar-refractivity contribution in [1.82, 2.24) is 0 Å². The van der Waals surface area contributed by atoms with Crippen molar-refractivity contribution in [3.8, 4) is 0 Å². The van der Waals surface area contributed by atoms with Gasteiger partial charge in [-0.2, -0.15) is 0 Å². The topological polar surface area (TPSA) is 0 Å². The Bertz CT molecular complexity index is 251. The van der Waals surface area contributed by atoms with Gasteiger partial charge in [0, 0.05) is 0 Å². The number of alkyl halides is 1. The van der Waals surface area contributed by atoms with E-state index in [4.69, 9.17) is 11.6 Å². The van der Waals surface area contributed by atoms with Crippen LogP contribution in [0.3, 0.4) is 0 Å². The van der Waals surface area contributed by atoms with Crippen LogP contribution in [0.2, 0.25) is 0 Å². The Hall–Kier alpha value is -0.750. The normalized spacial score (nSPS) is 13.4. The highest BCUT2D eigenvalue weighted by molar-refractivity contribution is 6.20. The van der Waals surface area contributed by atoms with Gasteiger partial charge in [-0.05, 0) is 25.3 Å². The number of hydrogen-bond acceptors (Lipinski definition) is 0. The minimum Gasteiger partial charge on any atom is -0.118 e. The van der Waals surface area contributed by atoms with Gasteiger partial charge in [0.1, 0.15) is 0 Å². The highest BCUT2D eigenvalue weighted by Crippen LogP contribution is 2.25. The van der Waals surface area contributed by atoms with Crippen molar-refractivity contribution in [3.05, 3.63) is 48.0 Å². The van der Waals surface area contributed by atoms with Crippen LogP contribution in [0.25, 0.3) is 0 Å². The van der Waals surface area contributed by atoms with Crippen LogP contribution in [0.5, 0.6) is 0 Å². The van der Waals surface area contributed by atoms with Crippen molar-refractivity contribution in [2.45, 2.75) is 25.1 Å². The van der Waals surface area contributed by atoms with Crippen LogP contribution in [0.15, 0.2) is 42.5 Å². The molecule has 0 heterocycles. The van der Waals surface area contributed by atoms with Crippen LogP contribution in [0, 0.1) is 0 Å². The number of rotatable bonds is 4.